The van der Waals surface area contributed by atoms with Crippen molar-refractivity contribution in [1.29, 1.82) is 0 Å². The number of ether oxygens (including phenoxy) is 1. The number of carbonyl (C=O) groups is 2. The fourth-order valence-corrected chi connectivity index (χ4v) is 6.51. The van der Waals surface area contributed by atoms with E-state index in [2.05, 4.69) is 24.0 Å². The highest BCUT2D eigenvalue weighted by Gasteiger charge is 2.66. The molecular formula is C33H32N2O4. The van der Waals surface area contributed by atoms with Crippen LogP contribution in [0.5, 0.6) is 5.75 Å². The highest BCUT2D eigenvalue weighted by atomic mass is 16.5. The number of ketones is 1. The molecule has 2 aliphatic rings. The Labute approximate surface area is 228 Å². The van der Waals surface area contributed by atoms with Crippen molar-refractivity contribution >= 4 is 17.4 Å². The number of para-hydroxylation sites is 1. The van der Waals surface area contributed by atoms with Crippen LogP contribution in [-0.2, 0) is 16.9 Å². The van der Waals surface area contributed by atoms with Crippen LogP contribution in [0, 0.1) is 12.8 Å². The minimum absolute atomic E-state index is 0.0761. The van der Waals surface area contributed by atoms with Crippen molar-refractivity contribution in [1.82, 2.24) is 4.90 Å². The smallest absolute Gasteiger partial charge is 0.253 e. The zero-order valence-electron chi connectivity index (χ0n) is 22.5. The fraction of sp³-hybridized carbons (Fsp3) is 0.273. The zero-order valence-corrected chi connectivity index (χ0v) is 22.5. The highest BCUT2D eigenvalue weighted by Crippen LogP contribution is 2.57. The van der Waals surface area contributed by atoms with Crippen LogP contribution in [0.25, 0.3) is 0 Å². The number of furan rings is 1. The molecule has 4 aromatic rings. The van der Waals surface area contributed by atoms with Gasteiger partial charge in [0.2, 0.25) is 0 Å². The lowest BCUT2D eigenvalue weighted by Crippen LogP contribution is -2.53. The predicted molar refractivity (Wildman–Crippen MR) is 150 cm³/mol. The van der Waals surface area contributed by atoms with Gasteiger partial charge in [-0.1, -0.05) is 42.5 Å². The van der Waals surface area contributed by atoms with Crippen molar-refractivity contribution in [3.63, 3.8) is 0 Å². The third kappa shape index (κ3) is 3.90. The minimum Gasteiger partial charge on any atom is -0.494 e. The molecule has 3 atom stereocenters. The van der Waals surface area contributed by atoms with Crippen LogP contribution in [-0.4, -0.2) is 36.8 Å². The molecule has 0 N–H and O–H groups in total. The third-order valence-electron chi connectivity index (χ3n) is 8.33. The standard InChI is InChI=1S/C33H32N2O4/c1-4-38-25-17-15-23(16-18-25)31(36)30-26(29-14-9-19-39-29)21-34(3)33(30)27-12-7-8-13-28(27)35(32(33)37)20-24-11-6-5-10-22(24)2/h5-19,26,30H,4,20-21H2,1-3H3/t26-,30-,33-/m0/s1. The van der Waals surface area contributed by atoms with E-state index in [9.17, 15) is 9.59 Å². The van der Waals surface area contributed by atoms with Gasteiger partial charge in [0.15, 0.2) is 5.78 Å². The summed E-state index contributed by atoms with van der Waals surface area (Å²) in [4.78, 5) is 33.2. The molecule has 1 aromatic heterocycles. The summed E-state index contributed by atoms with van der Waals surface area (Å²) >= 11 is 0. The number of rotatable bonds is 7. The summed E-state index contributed by atoms with van der Waals surface area (Å²) in [5, 5.41) is 0. The van der Waals surface area contributed by atoms with Gasteiger partial charge in [0.25, 0.3) is 5.91 Å². The second-order valence-electron chi connectivity index (χ2n) is 10.4. The zero-order chi connectivity index (χ0) is 27.1. The monoisotopic (exact) mass is 520 g/mol. The van der Waals surface area contributed by atoms with Crippen molar-refractivity contribution in [3.8, 4) is 5.75 Å². The Morgan fingerprint density at radius 1 is 1.00 bits per heavy atom. The maximum atomic E-state index is 14.8. The topological polar surface area (TPSA) is 63.0 Å². The SMILES string of the molecule is CCOc1ccc(C(=O)[C@@H]2[C@H](c3ccco3)CN(C)[C@]23C(=O)N(Cc2ccccc2C)c2ccccc23)cc1. The van der Waals surface area contributed by atoms with E-state index in [0.29, 0.717) is 36.8 Å². The second kappa shape index (κ2) is 9.86. The lowest BCUT2D eigenvalue weighted by atomic mass is 9.71. The Morgan fingerprint density at radius 3 is 2.46 bits per heavy atom. The van der Waals surface area contributed by atoms with E-state index in [0.717, 1.165) is 22.4 Å². The first-order valence-electron chi connectivity index (χ1n) is 13.4. The summed E-state index contributed by atoms with van der Waals surface area (Å²) in [6.07, 6.45) is 1.63. The molecule has 198 valence electrons. The molecule has 0 bridgehead atoms. The highest BCUT2D eigenvalue weighted by molar-refractivity contribution is 6.13. The fourth-order valence-electron chi connectivity index (χ4n) is 6.51. The maximum absolute atomic E-state index is 14.8. The maximum Gasteiger partial charge on any atom is 0.253 e. The molecule has 0 radical (unpaired) electrons. The molecule has 3 aromatic carbocycles. The summed E-state index contributed by atoms with van der Waals surface area (Å²) in [5.74, 6) is 0.298. The Kier molecular flexibility index (Phi) is 6.35. The average molecular weight is 521 g/mol. The summed E-state index contributed by atoms with van der Waals surface area (Å²) in [7, 11) is 1.95. The molecule has 6 heteroatoms. The molecular weight excluding hydrogens is 488 g/mol. The van der Waals surface area contributed by atoms with Gasteiger partial charge in [-0.2, -0.15) is 0 Å². The molecule has 6 rings (SSSR count). The predicted octanol–water partition coefficient (Wildman–Crippen LogP) is 5.96. The molecule has 0 unspecified atom stereocenters. The van der Waals surface area contributed by atoms with Gasteiger partial charge >= 0.3 is 0 Å². The Bertz CT molecular complexity index is 1510. The minimum atomic E-state index is -1.16. The Hall–Kier alpha value is -4.16. The third-order valence-corrected chi connectivity index (χ3v) is 8.33. The Balaban J connectivity index is 1.50. The summed E-state index contributed by atoms with van der Waals surface area (Å²) < 4.78 is 11.5. The molecule has 39 heavy (non-hydrogen) atoms. The molecule has 6 nitrogen and oxygen atoms in total. The number of carbonyl (C=O) groups excluding carboxylic acids is 2. The van der Waals surface area contributed by atoms with Crippen molar-refractivity contribution in [3.05, 3.63) is 119 Å². The largest absolute Gasteiger partial charge is 0.494 e. The quantitative estimate of drug-likeness (QED) is 0.282. The number of anilines is 1. The number of Topliss-reactive ketones (excluding diaryl/α,β-unsaturated/α-hetero) is 1. The van der Waals surface area contributed by atoms with Crippen LogP contribution < -0.4 is 9.64 Å². The van der Waals surface area contributed by atoms with Crippen molar-refractivity contribution in [2.45, 2.75) is 31.8 Å². The molecule has 1 spiro atoms. The number of aryl methyl sites for hydroxylation is 1. The van der Waals surface area contributed by atoms with Gasteiger partial charge in [-0.15, -0.1) is 0 Å². The van der Waals surface area contributed by atoms with E-state index < -0.39 is 11.5 Å². The van der Waals surface area contributed by atoms with E-state index >= 15 is 0 Å². The molecule has 0 aliphatic carbocycles. The number of benzene rings is 3. The van der Waals surface area contributed by atoms with E-state index in [1.807, 2.05) is 79.5 Å². The molecule has 1 fully saturated rings. The van der Waals surface area contributed by atoms with Gasteiger partial charge in [-0.3, -0.25) is 14.5 Å². The van der Waals surface area contributed by atoms with E-state index in [-0.39, 0.29) is 17.6 Å². The van der Waals surface area contributed by atoms with Crippen LogP contribution in [0.3, 0.4) is 0 Å². The molecule has 1 saturated heterocycles. The number of fused-ring (bicyclic) bond motifs is 2. The summed E-state index contributed by atoms with van der Waals surface area (Å²) in [6, 6.07) is 27.0. The first-order chi connectivity index (χ1) is 19.0. The van der Waals surface area contributed by atoms with Gasteiger partial charge in [0.1, 0.15) is 17.0 Å². The van der Waals surface area contributed by atoms with Gasteiger partial charge in [-0.05, 0) is 74.5 Å². The first kappa shape index (κ1) is 25.1. The van der Waals surface area contributed by atoms with Crippen LogP contribution in [0.15, 0.2) is 95.6 Å². The normalized spacial score (nSPS) is 22.4. The number of hydrogen-bond acceptors (Lipinski definition) is 5. The van der Waals surface area contributed by atoms with E-state index in [1.165, 1.54) is 0 Å². The molecule has 2 aliphatic heterocycles. The van der Waals surface area contributed by atoms with Crippen molar-refractivity contribution in [2.75, 3.05) is 25.1 Å². The lowest BCUT2D eigenvalue weighted by Gasteiger charge is -2.36. The number of likely N-dealkylation sites (tertiary alicyclic amines) is 1. The van der Waals surface area contributed by atoms with Crippen molar-refractivity contribution in [2.24, 2.45) is 5.92 Å². The lowest BCUT2D eigenvalue weighted by molar-refractivity contribution is -0.129. The van der Waals surface area contributed by atoms with Crippen LogP contribution in [0.2, 0.25) is 0 Å². The number of nitrogens with zero attached hydrogens (tertiary/aromatic N) is 2. The second-order valence-corrected chi connectivity index (χ2v) is 10.4. The van der Waals surface area contributed by atoms with Crippen LogP contribution >= 0.6 is 0 Å². The van der Waals surface area contributed by atoms with Gasteiger partial charge in [0.05, 0.1) is 25.3 Å². The number of amides is 1. The number of likely N-dealkylation sites (N-methyl/N-ethyl adjacent to an activating group) is 1. The number of hydrogen-bond donors (Lipinski definition) is 0. The van der Waals surface area contributed by atoms with E-state index in [4.69, 9.17) is 9.15 Å². The Morgan fingerprint density at radius 2 is 1.74 bits per heavy atom. The van der Waals surface area contributed by atoms with Crippen LogP contribution in [0.4, 0.5) is 5.69 Å². The average Bonchev–Trinajstić information content (AvgIpc) is 3.64. The summed E-state index contributed by atoms with van der Waals surface area (Å²) in [5.41, 5.74) is 3.31. The van der Waals surface area contributed by atoms with E-state index in [1.54, 1.807) is 18.4 Å². The molecule has 1 amide bonds. The van der Waals surface area contributed by atoms with Crippen LogP contribution in [0.1, 0.15) is 45.7 Å². The van der Waals surface area contributed by atoms with Crippen molar-refractivity contribution < 1.29 is 18.7 Å². The molecule has 0 saturated carbocycles. The van der Waals surface area contributed by atoms with Gasteiger partial charge < -0.3 is 14.1 Å². The summed E-state index contributed by atoms with van der Waals surface area (Å²) in [6.45, 7) is 5.49. The first-order valence-corrected chi connectivity index (χ1v) is 13.4. The molecule has 3 heterocycles. The van der Waals surface area contributed by atoms with Gasteiger partial charge in [0, 0.05) is 29.3 Å². The van der Waals surface area contributed by atoms with Gasteiger partial charge in [-0.25, -0.2) is 0 Å².